The average Bonchev–Trinajstić information content (AvgIpc) is 2.87. The van der Waals surface area contributed by atoms with Crippen molar-refractivity contribution >= 4 is 44.0 Å². The van der Waals surface area contributed by atoms with Gasteiger partial charge in [0.25, 0.3) is 0 Å². The highest BCUT2D eigenvalue weighted by atomic mass is 35.5. The van der Waals surface area contributed by atoms with Crippen molar-refractivity contribution in [1.82, 2.24) is 4.31 Å². The summed E-state index contributed by atoms with van der Waals surface area (Å²) in [6, 6.07) is 3.73. The number of nitrogens with zero attached hydrogens (tertiary/aromatic N) is 1. The van der Waals surface area contributed by atoms with Gasteiger partial charge in [-0.2, -0.15) is 4.31 Å². The second-order valence-electron chi connectivity index (χ2n) is 5.47. The van der Waals surface area contributed by atoms with Gasteiger partial charge in [0.15, 0.2) is 0 Å². The van der Waals surface area contributed by atoms with Crippen LogP contribution in [0, 0.1) is 0 Å². The molecule has 0 aliphatic carbocycles. The molecule has 1 fully saturated rings. The Kier molecular flexibility index (Phi) is 4.39. The molecular weight excluding hydrogens is 362 g/mol. The smallest absolute Gasteiger partial charge is 0.241 e. The first kappa shape index (κ1) is 16.7. The van der Waals surface area contributed by atoms with Gasteiger partial charge in [0.1, 0.15) is 11.3 Å². The van der Waals surface area contributed by atoms with Gasteiger partial charge < -0.3 is 11.1 Å². The molecule has 7 nitrogen and oxygen atoms in total. The lowest BCUT2D eigenvalue weighted by Crippen LogP contribution is -2.48. The summed E-state index contributed by atoms with van der Waals surface area (Å²) in [5.41, 5.74) is 6.36. The van der Waals surface area contributed by atoms with Crippen molar-refractivity contribution in [1.29, 1.82) is 0 Å². The third-order valence-electron chi connectivity index (χ3n) is 4.06. The molecule has 2 unspecified atom stereocenters. The fraction of sp³-hybridized carbons (Fsp3) is 0.462. The van der Waals surface area contributed by atoms with E-state index in [1.807, 2.05) is 0 Å². The van der Waals surface area contributed by atoms with Gasteiger partial charge in [0, 0.05) is 46.1 Å². The molecule has 0 radical (unpaired) electrons. The number of benzene rings is 1. The second-order valence-corrected chi connectivity index (χ2v) is 9.66. The van der Waals surface area contributed by atoms with Crippen LogP contribution in [0.25, 0.3) is 0 Å². The summed E-state index contributed by atoms with van der Waals surface area (Å²) in [5.74, 6) is -0.155. The van der Waals surface area contributed by atoms with Crippen molar-refractivity contribution in [3.05, 3.63) is 28.8 Å². The Hall–Kier alpha value is -1.16. The molecule has 3 N–H and O–H groups in total. The number of carbonyl (C=O) groups is 1. The van der Waals surface area contributed by atoms with Crippen molar-refractivity contribution in [2.75, 3.05) is 29.9 Å². The summed E-state index contributed by atoms with van der Waals surface area (Å²) in [5, 5.41) is 2.13. The summed E-state index contributed by atoms with van der Waals surface area (Å²) >= 11 is 5.98. The Morgan fingerprint density at radius 1 is 1.35 bits per heavy atom. The molecule has 2 atom stereocenters. The van der Waals surface area contributed by atoms with Crippen LogP contribution >= 0.6 is 11.6 Å². The first-order valence-corrected chi connectivity index (χ1v) is 10.4. The number of halogens is 1. The summed E-state index contributed by atoms with van der Waals surface area (Å²) in [6.45, 7) is 0.347. The topological polar surface area (TPSA) is 110 Å². The predicted molar refractivity (Wildman–Crippen MR) is 89.2 cm³/mol. The molecule has 2 aliphatic rings. The molecule has 2 aliphatic heterocycles. The standard InChI is InChI=1S/C13H16ClN3O4S2/c14-8-1-2-10-9(7-8)12(11(16-10)13(15)18)23(20,21)17-3-5-22(19)6-4-17/h1-2,7,11-12,16H,3-6H2,(H2,15,18). The number of hydrogen-bond donors (Lipinski definition) is 2. The summed E-state index contributed by atoms with van der Waals surface area (Å²) in [4.78, 5) is 11.7. The van der Waals surface area contributed by atoms with E-state index >= 15 is 0 Å². The molecule has 126 valence electrons. The van der Waals surface area contributed by atoms with Crippen molar-refractivity contribution in [2.45, 2.75) is 11.3 Å². The van der Waals surface area contributed by atoms with Crippen molar-refractivity contribution in [3.8, 4) is 0 Å². The number of nitrogens with one attached hydrogen (secondary N) is 1. The van der Waals surface area contributed by atoms with Crippen LogP contribution in [0.1, 0.15) is 10.8 Å². The fourth-order valence-corrected chi connectivity index (χ4v) is 6.45. The number of amides is 1. The number of sulfonamides is 1. The lowest BCUT2D eigenvalue weighted by atomic mass is 10.1. The third kappa shape index (κ3) is 2.98. The van der Waals surface area contributed by atoms with Crippen molar-refractivity contribution < 1.29 is 17.4 Å². The quantitative estimate of drug-likeness (QED) is 0.773. The highest BCUT2D eigenvalue weighted by Crippen LogP contribution is 2.42. The average molecular weight is 378 g/mol. The van der Waals surface area contributed by atoms with E-state index in [1.54, 1.807) is 12.1 Å². The third-order valence-corrected chi connectivity index (χ3v) is 7.82. The largest absolute Gasteiger partial charge is 0.372 e. The molecule has 1 aromatic carbocycles. The Morgan fingerprint density at radius 3 is 2.61 bits per heavy atom. The van der Waals surface area contributed by atoms with Crippen LogP contribution in [-0.2, 0) is 25.6 Å². The van der Waals surface area contributed by atoms with E-state index in [1.165, 1.54) is 10.4 Å². The van der Waals surface area contributed by atoms with Gasteiger partial charge >= 0.3 is 0 Å². The molecular formula is C13H16ClN3O4S2. The second kappa shape index (κ2) is 6.04. The van der Waals surface area contributed by atoms with E-state index in [0.717, 1.165) is 0 Å². The maximum atomic E-state index is 13.0. The van der Waals surface area contributed by atoms with E-state index < -0.39 is 38.0 Å². The van der Waals surface area contributed by atoms with Gasteiger partial charge in [0.05, 0.1) is 0 Å². The molecule has 0 saturated carbocycles. The Balaban J connectivity index is 2.03. The minimum absolute atomic E-state index is 0.173. The van der Waals surface area contributed by atoms with Gasteiger partial charge in [-0.1, -0.05) is 11.6 Å². The Morgan fingerprint density at radius 2 is 2.00 bits per heavy atom. The molecule has 23 heavy (non-hydrogen) atoms. The normalized spacial score (nSPS) is 25.8. The van der Waals surface area contributed by atoms with Crippen molar-refractivity contribution in [3.63, 3.8) is 0 Å². The molecule has 2 heterocycles. The maximum absolute atomic E-state index is 13.0. The predicted octanol–water partition coefficient (Wildman–Crippen LogP) is 0.0546. The number of anilines is 1. The van der Waals surface area contributed by atoms with Crippen molar-refractivity contribution in [2.24, 2.45) is 5.73 Å². The lowest BCUT2D eigenvalue weighted by molar-refractivity contribution is -0.118. The minimum Gasteiger partial charge on any atom is -0.372 e. The monoisotopic (exact) mass is 377 g/mol. The zero-order valence-electron chi connectivity index (χ0n) is 12.1. The first-order valence-electron chi connectivity index (χ1n) is 7.00. The summed E-state index contributed by atoms with van der Waals surface area (Å²) in [6.07, 6.45) is 0. The van der Waals surface area contributed by atoms with Gasteiger partial charge in [-0.3, -0.25) is 9.00 Å². The molecule has 3 rings (SSSR count). The number of fused-ring (bicyclic) bond motifs is 1. The van der Waals surface area contributed by atoms with E-state index in [0.29, 0.717) is 27.8 Å². The molecule has 1 aromatic rings. The summed E-state index contributed by atoms with van der Waals surface area (Å²) in [7, 11) is -4.83. The van der Waals surface area contributed by atoms with Crippen LogP contribution < -0.4 is 11.1 Å². The van der Waals surface area contributed by atoms with Gasteiger partial charge in [-0.05, 0) is 23.8 Å². The Bertz CT molecular complexity index is 773. The van der Waals surface area contributed by atoms with Crippen LogP contribution in [-0.4, -0.2) is 53.5 Å². The molecule has 0 bridgehead atoms. The van der Waals surface area contributed by atoms with Crippen LogP contribution in [0.5, 0.6) is 0 Å². The van der Waals surface area contributed by atoms with Gasteiger partial charge in [-0.15, -0.1) is 0 Å². The number of rotatable bonds is 3. The zero-order valence-corrected chi connectivity index (χ0v) is 14.5. The van der Waals surface area contributed by atoms with E-state index in [4.69, 9.17) is 17.3 Å². The number of carbonyl (C=O) groups excluding carboxylic acids is 1. The SMILES string of the molecule is NC(=O)C1Nc2ccc(Cl)cc2C1S(=O)(=O)N1CCS(=O)CC1. The molecule has 10 heteroatoms. The van der Waals surface area contributed by atoms with Gasteiger partial charge in [0.2, 0.25) is 15.9 Å². The highest BCUT2D eigenvalue weighted by molar-refractivity contribution is 7.90. The number of primary amides is 1. The van der Waals surface area contributed by atoms with Crippen LogP contribution in [0.3, 0.4) is 0 Å². The molecule has 1 amide bonds. The van der Waals surface area contributed by atoms with E-state index in [2.05, 4.69) is 5.32 Å². The fourth-order valence-electron chi connectivity index (χ4n) is 2.91. The van der Waals surface area contributed by atoms with E-state index in [9.17, 15) is 17.4 Å². The van der Waals surface area contributed by atoms with E-state index in [-0.39, 0.29) is 13.1 Å². The number of hydrogen-bond acceptors (Lipinski definition) is 5. The first-order chi connectivity index (χ1) is 10.8. The minimum atomic E-state index is -3.83. The van der Waals surface area contributed by atoms with Gasteiger partial charge in [-0.25, -0.2) is 8.42 Å². The summed E-state index contributed by atoms with van der Waals surface area (Å²) < 4.78 is 38.8. The highest BCUT2D eigenvalue weighted by Gasteiger charge is 2.47. The molecule has 0 spiro atoms. The van der Waals surface area contributed by atoms with Crippen LogP contribution in [0.2, 0.25) is 5.02 Å². The van der Waals surface area contributed by atoms with Crippen LogP contribution in [0.4, 0.5) is 5.69 Å². The molecule has 1 saturated heterocycles. The molecule has 0 aromatic heterocycles. The lowest BCUT2D eigenvalue weighted by Gasteiger charge is -2.30. The zero-order chi connectivity index (χ0) is 16.8. The number of nitrogens with two attached hydrogens (primary N) is 1. The Labute approximate surface area is 141 Å². The van der Waals surface area contributed by atoms with Crippen LogP contribution in [0.15, 0.2) is 18.2 Å². The maximum Gasteiger partial charge on any atom is 0.241 e.